The summed E-state index contributed by atoms with van der Waals surface area (Å²) in [6, 6.07) is 10.6. The molecule has 0 aromatic carbocycles. The molecule has 0 aliphatic heterocycles. The summed E-state index contributed by atoms with van der Waals surface area (Å²) in [5.41, 5.74) is 4.38. The molecule has 0 bridgehead atoms. The van der Waals surface area contributed by atoms with Crippen molar-refractivity contribution in [3.8, 4) is 22.8 Å². The average molecular weight is 443 g/mol. The third-order valence-corrected chi connectivity index (χ3v) is 4.12. The standard InChI is InChI=1S/C24H17N3O6/c28-15-31-8-3-18-1-6-25-21(11-18)23-13-20(5-10-33-17-30)14-24(27-23)22-12-19(2-7-26-22)4-9-32-16-29/h1-17H/b8-3+,9-4+,10-5+. The van der Waals surface area contributed by atoms with Crippen LogP contribution in [0.4, 0.5) is 0 Å². The quantitative estimate of drug-likeness (QED) is 0.249. The van der Waals surface area contributed by atoms with Crippen LogP contribution in [-0.4, -0.2) is 34.4 Å². The zero-order valence-electron chi connectivity index (χ0n) is 17.1. The summed E-state index contributed by atoms with van der Waals surface area (Å²) in [6.07, 6.45) is 11.8. The van der Waals surface area contributed by atoms with E-state index in [1.165, 1.54) is 18.8 Å². The lowest BCUT2D eigenvalue weighted by Gasteiger charge is -2.08. The smallest absolute Gasteiger partial charge is 0.297 e. The van der Waals surface area contributed by atoms with Gasteiger partial charge >= 0.3 is 0 Å². The first-order chi connectivity index (χ1) is 16.2. The summed E-state index contributed by atoms with van der Waals surface area (Å²) in [4.78, 5) is 44.6. The Bertz CT molecular complexity index is 1140. The Hall–Kier alpha value is -4.92. The Morgan fingerprint density at radius 2 is 0.939 bits per heavy atom. The fourth-order valence-electron chi connectivity index (χ4n) is 2.74. The zero-order valence-corrected chi connectivity index (χ0v) is 17.1. The Morgan fingerprint density at radius 3 is 1.36 bits per heavy atom. The third kappa shape index (κ3) is 6.79. The molecule has 9 heteroatoms. The molecule has 0 saturated heterocycles. The fourth-order valence-corrected chi connectivity index (χ4v) is 2.74. The highest BCUT2D eigenvalue weighted by Gasteiger charge is 2.09. The van der Waals surface area contributed by atoms with Crippen LogP contribution in [0.3, 0.4) is 0 Å². The SMILES string of the molecule is O=CO/C=C/c1ccnc(-c2cc(/C=C/OC=O)cc(-c3cc(/C=C/OC=O)ccn3)n2)c1. The molecule has 9 nitrogen and oxygen atoms in total. The predicted molar refractivity (Wildman–Crippen MR) is 119 cm³/mol. The normalized spacial score (nSPS) is 11.0. The number of carbonyl (C=O) groups is 3. The van der Waals surface area contributed by atoms with Crippen LogP contribution in [-0.2, 0) is 28.6 Å². The van der Waals surface area contributed by atoms with Crippen molar-refractivity contribution in [2.45, 2.75) is 0 Å². The van der Waals surface area contributed by atoms with E-state index in [0.717, 1.165) is 11.1 Å². The molecule has 0 fully saturated rings. The minimum atomic E-state index is 0.317. The van der Waals surface area contributed by atoms with Crippen molar-refractivity contribution >= 4 is 37.6 Å². The van der Waals surface area contributed by atoms with Crippen LogP contribution in [0.15, 0.2) is 67.6 Å². The Kier molecular flexibility index (Phi) is 8.32. The number of pyridine rings is 3. The van der Waals surface area contributed by atoms with E-state index in [0.29, 0.717) is 47.8 Å². The summed E-state index contributed by atoms with van der Waals surface area (Å²) in [5, 5.41) is 0. The average Bonchev–Trinajstić information content (AvgIpc) is 2.85. The summed E-state index contributed by atoms with van der Waals surface area (Å²) in [6.45, 7) is 0.965. The van der Waals surface area contributed by atoms with E-state index < -0.39 is 0 Å². The highest BCUT2D eigenvalue weighted by Crippen LogP contribution is 2.25. The molecule has 0 aliphatic carbocycles. The van der Waals surface area contributed by atoms with Gasteiger partial charge in [-0.15, -0.1) is 0 Å². The van der Waals surface area contributed by atoms with E-state index >= 15 is 0 Å². The number of hydrogen-bond acceptors (Lipinski definition) is 9. The molecule has 0 spiro atoms. The molecule has 0 aliphatic rings. The lowest BCUT2D eigenvalue weighted by molar-refractivity contribution is -0.124. The molecule has 3 aromatic rings. The van der Waals surface area contributed by atoms with Crippen molar-refractivity contribution < 1.29 is 28.6 Å². The first-order valence-corrected chi connectivity index (χ1v) is 9.45. The molecular formula is C24H17N3O6. The summed E-state index contributed by atoms with van der Waals surface area (Å²) < 4.78 is 13.8. The topological polar surface area (TPSA) is 118 Å². The number of ether oxygens (including phenoxy) is 3. The van der Waals surface area contributed by atoms with E-state index in [1.807, 2.05) is 0 Å². The Balaban J connectivity index is 2.05. The van der Waals surface area contributed by atoms with Crippen molar-refractivity contribution in [2.75, 3.05) is 0 Å². The second-order valence-corrected chi connectivity index (χ2v) is 6.22. The van der Waals surface area contributed by atoms with Gasteiger partial charge in [0.2, 0.25) is 0 Å². The predicted octanol–water partition coefficient (Wildman–Crippen LogP) is 3.64. The fraction of sp³-hybridized carbons (Fsp3) is 0. The van der Waals surface area contributed by atoms with E-state index in [9.17, 15) is 14.4 Å². The monoisotopic (exact) mass is 443 g/mol. The summed E-state index contributed by atoms with van der Waals surface area (Å²) in [5.74, 6) is 0. The number of aromatic nitrogens is 3. The highest BCUT2D eigenvalue weighted by atomic mass is 16.5. The number of carbonyl (C=O) groups excluding carboxylic acids is 3. The molecule has 0 unspecified atom stereocenters. The van der Waals surface area contributed by atoms with Gasteiger partial charge in [-0.1, -0.05) is 0 Å². The lowest BCUT2D eigenvalue weighted by Crippen LogP contribution is -1.95. The third-order valence-electron chi connectivity index (χ3n) is 4.12. The van der Waals surface area contributed by atoms with Crippen LogP contribution >= 0.6 is 0 Å². The lowest BCUT2D eigenvalue weighted by atomic mass is 10.1. The van der Waals surface area contributed by atoms with Gasteiger partial charge in [-0.25, -0.2) is 4.98 Å². The van der Waals surface area contributed by atoms with Gasteiger partial charge in [-0.05, 0) is 71.3 Å². The van der Waals surface area contributed by atoms with Crippen LogP contribution in [0.5, 0.6) is 0 Å². The van der Waals surface area contributed by atoms with Crippen LogP contribution in [0.25, 0.3) is 41.0 Å². The van der Waals surface area contributed by atoms with Gasteiger partial charge < -0.3 is 14.2 Å². The van der Waals surface area contributed by atoms with Gasteiger partial charge in [0.25, 0.3) is 19.4 Å². The highest BCUT2D eigenvalue weighted by molar-refractivity contribution is 5.70. The van der Waals surface area contributed by atoms with Crippen molar-refractivity contribution in [1.29, 1.82) is 0 Å². The van der Waals surface area contributed by atoms with Crippen molar-refractivity contribution in [2.24, 2.45) is 0 Å². The summed E-state index contributed by atoms with van der Waals surface area (Å²) >= 11 is 0. The van der Waals surface area contributed by atoms with Gasteiger partial charge in [0.15, 0.2) is 0 Å². The molecule has 164 valence electrons. The molecule has 0 N–H and O–H groups in total. The molecule has 0 radical (unpaired) electrons. The minimum Gasteiger partial charge on any atom is -0.437 e. The number of nitrogens with zero attached hydrogens (tertiary/aromatic N) is 3. The first kappa shape index (κ1) is 22.8. The molecular weight excluding hydrogens is 426 g/mol. The summed E-state index contributed by atoms with van der Waals surface area (Å²) in [7, 11) is 0. The molecule has 0 saturated carbocycles. The largest absolute Gasteiger partial charge is 0.437 e. The molecule has 3 heterocycles. The van der Waals surface area contributed by atoms with E-state index in [4.69, 9.17) is 0 Å². The van der Waals surface area contributed by atoms with Crippen LogP contribution in [0.1, 0.15) is 16.7 Å². The maximum Gasteiger partial charge on any atom is 0.297 e. The van der Waals surface area contributed by atoms with Crippen molar-refractivity contribution in [3.63, 3.8) is 0 Å². The number of hydrogen-bond donors (Lipinski definition) is 0. The van der Waals surface area contributed by atoms with Crippen molar-refractivity contribution in [3.05, 3.63) is 84.3 Å². The second-order valence-electron chi connectivity index (χ2n) is 6.22. The van der Waals surface area contributed by atoms with Gasteiger partial charge in [0.1, 0.15) is 0 Å². The van der Waals surface area contributed by atoms with Gasteiger partial charge in [-0.2, -0.15) is 0 Å². The van der Waals surface area contributed by atoms with Crippen LogP contribution in [0.2, 0.25) is 0 Å². The molecule has 3 aromatic heterocycles. The molecule has 33 heavy (non-hydrogen) atoms. The van der Waals surface area contributed by atoms with E-state index in [2.05, 4.69) is 29.2 Å². The Morgan fingerprint density at radius 1 is 0.545 bits per heavy atom. The van der Waals surface area contributed by atoms with Crippen LogP contribution in [0, 0.1) is 0 Å². The maximum absolute atomic E-state index is 10.5. The molecule has 0 amide bonds. The second kappa shape index (κ2) is 12.1. The zero-order chi connectivity index (χ0) is 23.3. The van der Waals surface area contributed by atoms with Crippen LogP contribution < -0.4 is 0 Å². The van der Waals surface area contributed by atoms with Gasteiger partial charge in [0, 0.05) is 12.4 Å². The van der Waals surface area contributed by atoms with E-state index in [-0.39, 0.29) is 0 Å². The van der Waals surface area contributed by atoms with Gasteiger partial charge in [-0.3, -0.25) is 24.4 Å². The van der Waals surface area contributed by atoms with Gasteiger partial charge in [0.05, 0.1) is 41.6 Å². The first-order valence-electron chi connectivity index (χ1n) is 9.45. The Labute approximate surface area is 188 Å². The minimum absolute atomic E-state index is 0.317. The maximum atomic E-state index is 10.5. The molecule has 0 atom stereocenters. The van der Waals surface area contributed by atoms with Crippen molar-refractivity contribution in [1.82, 2.24) is 15.0 Å². The van der Waals surface area contributed by atoms with E-state index in [1.54, 1.807) is 67.0 Å². The molecule has 3 rings (SSSR count). The number of rotatable bonds is 11.